The van der Waals surface area contributed by atoms with Crippen molar-refractivity contribution >= 4 is 23.7 Å². The zero-order valence-electron chi connectivity index (χ0n) is 15.3. The number of carbonyl (C=O) groups is 1. The first-order valence-corrected chi connectivity index (χ1v) is 8.84. The van der Waals surface area contributed by atoms with Crippen molar-refractivity contribution in [2.45, 2.75) is 32.3 Å². The molecule has 27 heavy (non-hydrogen) atoms. The molecule has 142 valence electrons. The second-order valence-electron chi connectivity index (χ2n) is 7.20. The first-order valence-electron chi connectivity index (χ1n) is 8.46. The fraction of sp³-hybridized carbons (Fsp3) is 0.300. The minimum absolute atomic E-state index is 0.0586. The van der Waals surface area contributed by atoms with Crippen molar-refractivity contribution < 1.29 is 18.7 Å². The Labute approximate surface area is 162 Å². The topological polar surface area (TPSA) is 59.9 Å². The summed E-state index contributed by atoms with van der Waals surface area (Å²) >= 11 is 5.91. The molecule has 0 saturated carbocycles. The van der Waals surface area contributed by atoms with Crippen molar-refractivity contribution in [3.05, 3.63) is 58.4 Å². The molecular weight excluding hydrogens is 371 g/mol. The van der Waals surface area contributed by atoms with Gasteiger partial charge in [-0.05, 0) is 35.2 Å². The molecule has 1 amide bonds. The van der Waals surface area contributed by atoms with Crippen LogP contribution < -0.4 is 14.9 Å². The maximum absolute atomic E-state index is 13.7. The van der Waals surface area contributed by atoms with E-state index in [1.807, 2.05) is 18.2 Å². The fourth-order valence-electron chi connectivity index (χ4n) is 2.53. The van der Waals surface area contributed by atoms with Crippen LogP contribution in [0.25, 0.3) is 0 Å². The van der Waals surface area contributed by atoms with E-state index in [0.29, 0.717) is 11.5 Å². The van der Waals surface area contributed by atoms with Crippen LogP contribution in [0.3, 0.4) is 0 Å². The maximum Gasteiger partial charge on any atom is 0.284 e. The van der Waals surface area contributed by atoms with Gasteiger partial charge >= 0.3 is 0 Å². The van der Waals surface area contributed by atoms with E-state index in [0.717, 1.165) is 11.8 Å². The highest BCUT2D eigenvalue weighted by molar-refractivity contribution is 6.33. The zero-order chi connectivity index (χ0) is 19.6. The van der Waals surface area contributed by atoms with Crippen molar-refractivity contribution in [3.8, 4) is 11.5 Å². The average Bonchev–Trinajstić information content (AvgIpc) is 2.62. The average molecular weight is 391 g/mol. The zero-order valence-corrected chi connectivity index (χ0v) is 16.0. The molecule has 0 aromatic heterocycles. The van der Waals surface area contributed by atoms with Crippen LogP contribution >= 0.6 is 11.6 Å². The summed E-state index contributed by atoms with van der Waals surface area (Å²) in [6, 6.07) is 9.97. The molecule has 0 spiro atoms. The van der Waals surface area contributed by atoms with Gasteiger partial charge in [-0.2, -0.15) is 5.10 Å². The van der Waals surface area contributed by atoms with Crippen LogP contribution in [-0.2, 0) is 10.2 Å². The number of nitrogens with one attached hydrogen (secondary N) is 1. The Morgan fingerprint density at radius 3 is 2.78 bits per heavy atom. The molecule has 0 saturated heterocycles. The first kappa shape index (κ1) is 19.2. The molecule has 7 heteroatoms. The number of hydrogen-bond acceptors (Lipinski definition) is 4. The lowest BCUT2D eigenvalue weighted by Crippen LogP contribution is -2.42. The first-order chi connectivity index (χ1) is 12.8. The molecule has 3 rings (SSSR count). The smallest absolute Gasteiger partial charge is 0.284 e. The summed E-state index contributed by atoms with van der Waals surface area (Å²) < 4.78 is 25.1. The highest BCUT2D eigenvalue weighted by atomic mass is 35.5. The van der Waals surface area contributed by atoms with Crippen LogP contribution in [0, 0.1) is 5.82 Å². The maximum atomic E-state index is 13.7. The third kappa shape index (κ3) is 4.39. The SMILES string of the molecule is CC(C)(C)c1ccc2c(c1)O[C@H](C(=O)N/N=C/c1c(F)cccc1Cl)CO2. The van der Waals surface area contributed by atoms with Gasteiger partial charge in [0.2, 0.25) is 6.10 Å². The molecule has 0 fully saturated rings. The summed E-state index contributed by atoms with van der Waals surface area (Å²) in [5.74, 6) is 0.0792. The van der Waals surface area contributed by atoms with Gasteiger partial charge in [-0.3, -0.25) is 4.79 Å². The number of fused-ring (bicyclic) bond motifs is 1. The monoisotopic (exact) mass is 390 g/mol. The van der Waals surface area contributed by atoms with Crippen molar-refractivity contribution in [1.29, 1.82) is 0 Å². The Kier molecular flexibility index (Phi) is 5.37. The standard InChI is InChI=1S/C20H20ClFN2O3/c1-20(2,3)12-7-8-16-17(9-12)27-18(11-26-16)19(25)24-23-10-13-14(21)5-4-6-15(13)22/h4-10,18H,11H2,1-3H3,(H,24,25)/b23-10+/t18-/m0/s1. The van der Waals surface area contributed by atoms with E-state index < -0.39 is 17.8 Å². The molecule has 2 aromatic rings. The number of hydrogen-bond donors (Lipinski definition) is 1. The van der Waals surface area contributed by atoms with E-state index in [-0.39, 0.29) is 22.6 Å². The van der Waals surface area contributed by atoms with E-state index in [2.05, 4.69) is 31.3 Å². The molecule has 0 radical (unpaired) electrons. The lowest BCUT2D eigenvalue weighted by Gasteiger charge is -2.27. The molecule has 0 aliphatic carbocycles. The van der Waals surface area contributed by atoms with E-state index >= 15 is 0 Å². The van der Waals surface area contributed by atoms with Gasteiger partial charge in [0.25, 0.3) is 5.91 Å². The molecule has 2 aromatic carbocycles. The third-order valence-corrected chi connectivity index (χ3v) is 4.46. The molecule has 1 N–H and O–H groups in total. The van der Waals surface area contributed by atoms with Gasteiger partial charge in [-0.1, -0.05) is 44.5 Å². The number of nitrogens with zero attached hydrogens (tertiary/aromatic N) is 1. The highest BCUT2D eigenvalue weighted by Crippen LogP contribution is 2.36. The Morgan fingerprint density at radius 1 is 1.30 bits per heavy atom. The summed E-state index contributed by atoms with van der Waals surface area (Å²) in [6.45, 7) is 6.32. The van der Waals surface area contributed by atoms with Crippen molar-refractivity contribution in [2.24, 2.45) is 5.10 Å². The van der Waals surface area contributed by atoms with Crippen molar-refractivity contribution in [2.75, 3.05) is 6.61 Å². The van der Waals surface area contributed by atoms with Crippen LogP contribution in [0.1, 0.15) is 31.9 Å². The Hall–Kier alpha value is -2.60. The van der Waals surface area contributed by atoms with Gasteiger partial charge in [-0.15, -0.1) is 0 Å². The largest absolute Gasteiger partial charge is 0.485 e. The van der Waals surface area contributed by atoms with Gasteiger partial charge in [-0.25, -0.2) is 9.82 Å². The van der Waals surface area contributed by atoms with Crippen molar-refractivity contribution in [3.63, 3.8) is 0 Å². The molecular formula is C20H20ClFN2O3. The van der Waals surface area contributed by atoms with E-state index in [4.69, 9.17) is 21.1 Å². The molecule has 1 aliphatic rings. The van der Waals surface area contributed by atoms with Gasteiger partial charge < -0.3 is 9.47 Å². The van der Waals surface area contributed by atoms with Crippen LogP contribution in [-0.4, -0.2) is 24.8 Å². The number of hydrazone groups is 1. The number of halogens is 2. The summed E-state index contributed by atoms with van der Waals surface area (Å²) in [4.78, 5) is 12.3. The minimum atomic E-state index is -0.860. The summed E-state index contributed by atoms with van der Waals surface area (Å²) in [5, 5.41) is 3.97. The van der Waals surface area contributed by atoms with Gasteiger partial charge in [0.05, 0.1) is 11.2 Å². The predicted octanol–water partition coefficient (Wildman–Crippen LogP) is 4.07. The third-order valence-electron chi connectivity index (χ3n) is 4.13. The summed E-state index contributed by atoms with van der Waals surface area (Å²) in [5.41, 5.74) is 3.44. The molecule has 0 unspecified atom stereocenters. The van der Waals surface area contributed by atoms with Gasteiger partial charge in [0.1, 0.15) is 12.4 Å². The predicted molar refractivity (Wildman–Crippen MR) is 102 cm³/mol. The molecule has 5 nitrogen and oxygen atoms in total. The Morgan fingerprint density at radius 2 is 2.07 bits per heavy atom. The van der Waals surface area contributed by atoms with Crippen LogP contribution in [0.2, 0.25) is 5.02 Å². The summed E-state index contributed by atoms with van der Waals surface area (Å²) in [7, 11) is 0. The minimum Gasteiger partial charge on any atom is -0.485 e. The molecule has 1 heterocycles. The Balaban J connectivity index is 1.68. The Bertz CT molecular complexity index is 873. The molecule has 1 atom stereocenters. The summed E-state index contributed by atoms with van der Waals surface area (Å²) in [6.07, 6.45) is 0.297. The van der Waals surface area contributed by atoms with Gasteiger partial charge in [0.15, 0.2) is 11.5 Å². The molecule has 0 bridgehead atoms. The lowest BCUT2D eigenvalue weighted by molar-refractivity contribution is -0.130. The second kappa shape index (κ2) is 7.56. The van der Waals surface area contributed by atoms with Crippen molar-refractivity contribution in [1.82, 2.24) is 5.43 Å². The quantitative estimate of drug-likeness (QED) is 0.635. The second-order valence-corrected chi connectivity index (χ2v) is 7.61. The number of ether oxygens (including phenoxy) is 2. The van der Waals surface area contributed by atoms with E-state index in [1.54, 1.807) is 0 Å². The van der Waals surface area contributed by atoms with Crippen LogP contribution in [0.5, 0.6) is 11.5 Å². The van der Waals surface area contributed by atoms with Crippen LogP contribution in [0.4, 0.5) is 4.39 Å². The lowest BCUT2D eigenvalue weighted by atomic mass is 9.87. The van der Waals surface area contributed by atoms with E-state index in [1.165, 1.54) is 18.2 Å². The van der Waals surface area contributed by atoms with Crippen LogP contribution in [0.15, 0.2) is 41.5 Å². The normalized spacial score (nSPS) is 16.4. The number of rotatable bonds is 3. The highest BCUT2D eigenvalue weighted by Gasteiger charge is 2.28. The molecule has 1 aliphatic heterocycles. The number of amides is 1. The fourth-order valence-corrected chi connectivity index (χ4v) is 2.75. The van der Waals surface area contributed by atoms with E-state index in [9.17, 15) is 9.18 Å². The number of carbonyl (C=O) groups excluding carboxylic acids is 1. The number of benzene rings is 2. The van der Waals surface area contributed by atoms with Gasteiger partial charge in [0, 0.05) is 5.56 Å².